The molecule has 5 N–H and O–H groups in total. The normalized spacial score (nSPS) is 10.6. The highest BCUT2D eigenvalue weighted by molar-refractivity contribution is 6.16. The highest BCUT2D eigenvalue weighted by atomic mass is 16.5. The van der Waals surface area contributed by atoms with Crippen LogP contribution in [0, 0.1) is 5.41 Å². The molecule has 112 valence electrons. The molecule has 0 aliphatic rings. The number of fused-ring (bicyclic) bond motifs is 1. The Balaban J connectivity index is 2.09. The van der Waals surface area contributed by atoms with Crippen LogP contribution in [0.3, 0.4) is 0 Å². The van der Waals surface area contributed by atoms with E-state index in [2.05, 4.69) is 20.3 Å². The van der Waals surface area contributed by atoms with E-state index < -0.39 is 0 Å². The molecule has 0 amide bonds. The van der Waals surface area contributed by atoms with E-state index in [-0.39, 0.29) is 11.5 Å². The molecule has 0 saturated carbocycles. The van der Waals surface area contributed by atoms with Gasteiger partial charge in [-0.3, -0.25) is 5.41 Å². The molecule has 0 saturated heterocycles. The first kappa shape index (κ1) is 13.9. The fourth-order valence-corrected chi connectivity index (χ4v) is 2.34. The molecule has 0 spiro atoms. The van der Waals surface area contributed by atoms with Crippen LogP contribution in [0.1, 0.15) is 11.3 Å². The molecule has 0 fully saturated rings. The first-order valence-electron chi connectivity index (χ1n) is 6.68. The number of H-pyrrole nitrogens is 1. The Morgan fingerprint density at radius 2 is 2.14 bits per heavy atom. The number of anilines is 2. The Labute approximate surface area is 127 Å². The lowest BCUT2D eigenvalue weighted by atomic mass is 10.1. The van der Waals surface area contributed by atoms with Crippen molar-refractivity contribution in [1.82, 2.24) is 15.0 Å². The minimum Gasteiger partial charge on any atom is -0.497 e. The third-order valence-electron chi connectivity index (χ3n) is 3.46. The van der Waals surface area contributed by atoms with E-state index in [9.17, 15) is 0 Å². The number of aromatic amines is 1. The van der Waals surface area contributed by atoms with Gasteiger partial charge in [-0.2, -0.15) is 0 Å². The summed E-state index contributed by atoms with van der Waals surface area (Å²) in [5.74, 6) is 1.55. The first-order valence-corrected chi connectivity index (χ1v) is 6.68. The number of rotatable bonds is 4. The second kappa shape index (κ2) is 5.36. The molecule has 3 aromatic rings. The van der Waals surface area contributed by atoms with Crippen molar-refractivity contribution >= 4 is 28.3 Å². The van der Waals surface area contributed by atoms with Gasteiger partial charge in [0.25, 0.3) is 0 Å². The van der Waals surface area contributed by atoms with E-state index in [1.165, 1.54) is 6.33 Å². The van der Waals surface area contributed by atoms with Gasteiger partial charge in [-0.1, -0.05) is 0 Å². The summed E-state index contributed by atoms with van der Waals surface area (Å²) in [5.41, 5.74) is 8.18. The van der Waals surface area contributed by atoms with Crippen molar-refractivity contribution in [3.05, 3.63) is 41.9 Å². The van der Waals surface area contributed by atoms with E-state index in [4.69, 9.17) is 15.9 Å². The minimum atomic E-state index is 0.234. The largest absolute Gasteiger partial charge is 0.497 e. The molecule has 0 aliphatic heterocycles. The van der Waals surface area contributed by atoms with E-state index in [0.29, 0.717) is 17.1 Å². The van der Waals surface area contributed by atoms with Gasteiger partial charge in [-0.05, 0) is 24.3 Å². The molecule has 0 aliphatic carbocycles. The third-order valence-corrected chi connectivity index (χ3v) is 3.46. The summed E-state index contributed by atoms with van der Waals surface area (Å²) in [4.78, 5) is 11.3. The lowest BCUT2D eigenvalue weighted by Gasteiger charge is -2.09. The average molecular weight is 296 g/mol. The molecule has 0 radical (unpaired) electrons. The molecule has 0 atom stereocenters. The van der Waals surface area contributed by atoms with Crippen molar-refractivity contribution < 1.29 is 4.74 Å². The molecule has 2 aromatic heterocycles. The zero-order valence-corrected chi connectivity index (χ0v) is 12.3. The molecular formula is C15H16N6O. The molecule has 22 heavy (non-hydrogen) atoms. The summed E-state index contributed by atoms with van der Waals surface area (Å²) in [5, 5.41) is 12.3. The van der Waals surface area contributed by atoms with Crippen LogP contribution in [0.15, 0.2) is 30.6 Å². The zero-order chi connectivity index (χ0) is 15.7. The van der Waals surface area contributed by atoms with Gasteiger partial charge >= 0.3 is 0 Å². The van der Waals surface area contributed by atoms with Gasteiger partial charge in [0.05, 0.1) is 24.1 Å². The lowest BCUT2D eigenvalue weighted by Crippen LogP contribution is -2.12. The van der Waals surface area contributed by atoms with E-state index in [1.807, 2.05) is 24.3 Å². The summed E-state index contributed by atoms with van der Waals surface area (Å²) in [6.07, 6.45) is 1.37. The van der Waals surface area contributed by atoms with Gasteiger partial charge in [0, 0.05) is 18.0 Å². The topological polar surface area (TPSA) is 113 Å². The van der Waals surface area contributed by atoms with Crippen molar-refractivity contribution in [1.29, 1.82) is 5.41 Å². The summed E-state index contributed by atoms with van der Waals surface area (Å²) >= 11 is 0. The maximum Gasteiger partial charge on any atom is 0.140 e. The number of hydrogen-bond acceptors (Lipinski definition) is 6. The Morgan fingerprint density at radius 1 is 1.32 bits per heavy atom. The van der Waals surface area contributed by atoms with Crippen molar-refractivity contribution in [3.8, 4) is 5.75 Å². The number of benzene rings is 1. The molecule has 1 aromatic carbocycles. The van der Waals surface area contributed by atoms with Gasteiger partial charge in [0.1, 0.15) is 23.7 Å². The maximum absolute atomic E-state index is 8.42. The number of hydrogen-bond donors (Lipinski definition) is 4. The summed E-state index contributed by atoms with van der Waals surface area (Å²) in [6.45, 7) is 0. The van der Waals surface area contributed by atoms with Gasteiger partial charge in [0.2, 0.25) is 0 Å². The van der Waals surface area contributed by atoms with Crippen LogP contribution < -0.4 is 15.8 Å². The second-order valence-corrected chi connectivity index (χ2v) is 4.74. The predicted octanol–water partition coefficient (Wildman–Crippen LogP) is 2.01. The monoisotopic (exact) mass is 296 g/mol. The van der Waals surface area contributed by atoms with E-state index in [1.54, 1.807) is 14.2 Å². The van der Waals surface area contributed by atoms with Crippen LogP contribution in [-0.4, -0.2) is 34.8 Å². The highest BCUT2D eigenvalue weighted by Gasteiger charge is 2.17. The predicted molar refractivity (Wildman–Crippen MR) is 86.8 cm³/mol. The van der Waals surface area contributed by atoms with Crippen LogP contribution in [0.25, 0.3) is 10.9 Å². The molecule has 0 bridgehead atoms. The molecule has 0 unspecified atom stereocenters. The highest BCUT2D eigenvalue weighted by Crippen LogP contribution is 2.25. The summed E-state index contributed by atoms with van der Waals surface area (Å²) < 4.78 is 5.21. The number of methoxy groups -OCH3 is 1. The average Bonchev–Trinajstić information content (AvgIpc) is 2.96. The maximum atomic E-state index is 8.42. The number of nitrogens with one attached hydrogen (secondary N) is 3. The van der Waals surface area contributed by atoms with Crippen molar-refractivity contribution in [3.63, 3.8) is 0 Å². The van der Waals surface area contributed by atoms with E-state index >= 15 is 0 Å². The van der Waals surface area contributed by atoms with Gasteiger partial charge < -0.3 is 20.8 Å². The van der Waals surface area contributed by atoms with Crippen molar-refractivity contribution in [2.45, 2.75) is 0 Å². The Bertz CT molecular complexity index is 854. The lowest BCUT2D eigenvalue weighted by molar-refractivity contribution is 0.415. The van der Waals surface area contributed by atoms with Crippen LogP contribution in [0.4, 0.5) is 11.6 Å². The third kappa shape index (κ3) is 2.22. The van der Waals surface area contributed by atoms with Gasteiger partial charge in [-0.15, -0.1) is 0 Å². The molecule has 2 heterocycles. The van der Waals surface area contributed by atoms with Crippen molar-refractivity contribution in [2.75, 3.05) is 25.2 Å². The van der Waals surface area contributed by atoms with Crippen LogP contribution >= 0.6 is 0 Å². The summed E-state index contributed by atoms with van der Waals surface area (Å²) in [6, 6.07) is 7.57. The fourth-order valence-electron chi connectivity index (χ4n) is 2.34. The van der Waals surface area contributed by atoms with Crippen LogP contribution in [0.5, 0.6) is 5.75 Å². The Morgan fingerprint density at radius 3 is 2.86 bits per heavy atom. The Kier molecular flexibility index (Phi) is 3.38. The van der Waals surface area contributed by atoms with Gasteiger partial charge in [-0.25, -0.2) is 9.97 Å². The number of ether oxygens (including phenoxy) is 1. The quantitative estimate of drug-likeness (QED) is 0.550. The molecule has 7 heteroatoms. The smallest absolute Gasteiger partial charge is 0.140 e. The van der Waals surface area contributed by atoms with Crippen LogP contribution in [0.2, 0.25) is 0 Å². The Hall–Kier alpha value is -3.09. The molecule has 7 nitrogen and oxygen atoms in total. The standard InChI is InChI=1S/C15H16N6O/c1-18-15-12(14(17)19-7-20-15)13(16)11-6-8-5-9(22-2)3-4-10(8)21-11/h3-7,16,21H,1-2H3,(H3,17,18,19,20). The SMILES string of the molecule is CNc1ncnc(N)c1C(=N)c1cc2cc(OC)ccc2[nH]1. The zero-order valence-electron chi connectivity index (χ0n) is 12.3. The molecule has 3 rings (SSSR count). The number of aromatic nitrogens is 3. The minimum absolute atomic E-state index is 0.234. The van der Waals surface area contributed by atoms with Crippen molar-refractivity contribution in [2.24, 2.45) is 0 Å². The first-order chi connectivity index (χ1) is 10.6. The van der Waals surface area contributed by atoms with Gasteiger partial charge in [0.15, 0.2) is 0 Å². The van der Waals surface area contributed by atoms with E-state index in [0.717, 1.165) is 16.7 Å². The number of nitrogen functional groups attached to an aromatic ring is 1. The van der Waals surface area contributed by atoms with Crippen LogP contribution in [-0.2, 0) is 0 Å². The second-order valence-electron chi connectivity index (χ2n) is 4.74. The molecular weight excluding hydrogens is 280 g/mol. The number of nitrogens with zero attached hydrogens (tertiary/aromatic N) is 2. The number of nitrogens with two attached hydrogens (primary N) is 1. The summed E-state index contributed by atoms with van der Waals surface area (Å²) in [7, 11) is 3.35. The fraction of sp³-hybridized carbons (Fsp3) is 0.133.